The number of fused-ring (bicyclic) bond motifs is 2. The Bertz CT molecular complexity index is 1800. The van der Waals surface area contributed by atoms with Crippen LogP contribution in [0.3, 0.4) is 0 Å². The summed E-state index contributed by atoms with van der Waals surface area (Å²) in [4.78, 5) is 0. The summed E-state index contributed by atoms with van der Waals surface area (Å²) in [5.74, 6) is 1.05. The van der Waals surface area contributed by atoms with Gasteiger partial charge in [-0.3, -0.25) is 0 Å². The molecular formula is C45H52HfSi. The van der Waals surface area contributed by atoms with Gasteiger partial charge in [0.25, 0.3) is 0 Å². The molecule has 6 aromatic carbocycles. The van der Waals surface area contributed by atoms with E-state index in [0.29, 0.717) is 11.8 Å². The number of hydrogen-bond donors (Lipinski definition) is 0. The Hall–Kier alpha value is -2.81. The van der Waals surface area contributed by atoms with E-state index in [1.54, 1.807) is 10.4 Å². The molecule has 6 aromatic rings. The van der Waals surface area contributed by atoms with Crippen molar-refractivity contribution in [2.75, 3.05) is 0 Å². The second-order valence-electron chi connectivity index (χ2n) is 14.2. The SMILES string of the molecule is CC(C)c1cccc(-c2cccc3[cH-]c([Si](C)(c4cc5c(-c6cccc(C(C)C)c6)cccc5[cH-]4)C4CCCCC4)cc23)c1.[CH3-].[CH3-].[Hf+4]. The molecule has 0 aliphatic heterocycles. The van der Waals surface area contributed by atoms with Crippen LogP contribution in [-0.4, -0.2) is 8.07 Å². The summed E-state index contributed by atoms with van der Waals surface area (Å²) in [7, 11) is -2.07. The predicted molar refractivity (Wildman–Crippen MR) is 209 cm³/mol. The van der Waals surface area contributed by atoms with Crippen LogP contribution in [0.1, 0.15) is 82.8 Å². The molecule has 0 radical (unpaired) electrons. The van der Waals surface area contributed by atoms with Crippen molar-refractivity contribution in [3.05, 3.63) is 135 Å². The molecule has 0 N–H and O–H groups in total. The summed E-state index contributed by atoms with van der Waals surface area (Å²) in [6, 6.07) is 42.7. The maximum Gasteiger partial charge on any atom is 4.00 e. The summed E-state index contributed by atoms with van der Waals surface area (Å²) < 4.78 is 0. The van der Waals surface area contributed by atoms with E-state index < -0.39 is 8.07 Å². The Labute approximate surface area is 305 Å². The first-order valence-electron chi connectivity index (χ1n) is 16.9. The van der Waals surface area contributed by atoms with Gasteiger partial charge in [-0.2, -0.15) is 12.1 Å². The third kappa shape index (κ3) is 6.88. The Morgan fingerprint density at radius 3 is 1.43 bits per heavy atom. The van der Waals surface area contributed by atoms with Crippen molar-refractivity contribution >= 4 is 40.0 Å². The molecule has 2 heteroatoms. The van der Waals surface area contributed by atoms with Crippen molar-refractivity contribution in [1.82, 2.24) is 0 Å². The van der Waals surface area contributed by atoms with E-state index >= 15 is 0 Å². The van der Waals surface area contributed by atoms with Gasteiger partial charge in [0, 0.05) is 0 Å². The van der Waals surface area contributed by atoms with Crippen molar-refractivity contribution in [3.63, 3.8) is 0 Å². The number of benzene rings is 4. The van der Waals surface area contributed by atoms with Crippen LogP contribution in [0.2, 0.25) is 12.1 Å². The van der Waals surface area contributed by atoms with E-state index in [1.165, 1.54) is 87.0 Å². The minimum atomic E-state index is -2.07. The second kappa shape index (κ2) is 15.2. The molecular weight excluding hydrogens is 747 g/mol. The van der Waals surface area contributed by atoms with Gasteiger partial charge in [0.15, 0.2) is 0 Å². The minimum absolute atomic E-state index is 0. The molecule has 7 rings (SSSR count). The molecule has 0 unspecified atom stereocenters. The normalized spacial score (nSPS) is 13.9. The molecule has 0 bridgehead atoms. The summed E-state index contributed by atoms with van der Waals surface area (Å²) in [5, 5.41) is 8.85. The monoisotopic (exact) mass is 800 g/mol. The number of rotatable bonds is 7. The molecule has 1 aliphatic rings. The minimum Gasteiger partial charge on any atom is -0.358 e. The fraction of sp³-hybridized carbons (Fsp3) is 0.289. The molecule has 0 atom stereocenters. The third-order valence-corrected chi connectivity index (χ3v) is 16.0. The van der Waals surface area contributed by atoms with Crippen LogP contribution in [0, 0.1) is 14.9 Å². The van der Waals surface area contributed by atoms with Gasteiger partial charge in [-0.25, -0.2) is 0 Å². The van der Waals surface area contributed by atoms with Crippen LogP contribution >= 0.6 is 0 Å². The van der Waals surface area contributed by atoms with Crippen LogP contribution in [-0.2, 0) is 25.8 Å². The van der Waals surface area contributed by atoms with E-state index in [1.807, 2.05) is 0 Å². The molecule has 0 nitrogen and oxygen atoms in total. The van der Waals surface area contributed by atoms with Crippen molar-refractivity contribution in [1.29, 1.82) is 0 Å². The third-order valence-electron chi connectivity index (χ3n) is 10.9. The van der Waals surface area contributed by atoms with Gasteiger partial charge in [0.05, 0.1) is 8.07 Å². The Kier molecular flexibility index (Phi) is 11.9. The van der Waals surface area contributed by atoms with Crippen LogP contribution in [0.4, 0.5) is 0 Å². The van der Waals surface area contributed by atoms with E-state index in [0.717, 1.165) is 5.54 Å². The van der Waals surface area contributed by atoms with Gasteiger partial charge < -0.3 is 14.9 Å². The largest absolute Gasteiger partial charge is 4.00 e. The van der Waals surface area contributed by atoms with Crippen molar-refractivity contribution in [3.8, 4) is 22.3 Å². The standard InChI is InChI=1S/C43H46Si.2CH3.Hf/c1-29(2)31-13-9-15-33(23-31)40-21-11-17-35-25-38(27-42(35)40)44(5,37-19-7-6-8-20-37)39-26-36-18-12-22-41(43(36)28-39)34-16-10-14-32(24-34)30(3)4;;;/h9-18,21-30,37H,6-8,19-20H2,1-5H3;2*1H3;/q-2;2*-1;+4. The molecule has 47 heavy (non-hydrogen) atoms. The van der Waals surface area contributed by atoms with Crippen molar-refractivity contribution < 1.29 is 25.8 Å². The molecule has 0 heterocycles. The fourth-order valence-electron chi connectivity index (χ4n) is 8.02. The van der Waals surface area contributed by atoms with E-state index in [9.17, 15) is 0 Å². The molecule has 1 saturated carbocycles. The molecule has 0 saturated heterocycles. The zero-order valence-electron chi connectivity index (χ0n) is 29.7. The Balaban J connectivity index is 0.00000167. The van der Waals surface area contributed by atoms with Gasteiger partial charge in [0.1, 0.15) is 0 Å². The summed E-state index contributed by atoms with van der Waals surface area (Å²) in [6.07, 6.45) is 6.85. The van der Waals surface area contributed by atoms with Crippen LogP contribution in [0.5, 0.6) is 0 Å². The average molecular weight is 799 g/mol. The van der Waals surface area contributed by atoms with Crippen LogP contribution in [0.25, 0.3) is 43.8 Å². The number of hydrogen-bond acceptors (Lipinski definition) is 0. The molecule has 0 spiro atoms. The van der Waals surface area contributed by atoms with Gasteiger partial charge in [-0.15, -0.1) is 68.3 Å². The van der Waals surface area contributed by atoms with E-state index in [-0.39, 0.29) is 40.7 Å². The topological polar surface area (TPSA) is 0 Å². The molecule has 1 fully saturated rings. The second-order valence-corrected chi connectivity index (χ2v) is 18.6. The fourth-order valence-corrected chi connectivity index (χ4v) is 12.7. The molecule has 0 amide bonds. The first-order chi connectivity index (χ1) is 21.3. The quantitative estimate of drug-likeness (QED) is 0.111. The van der Waals surface area contributed by atoms with Gasteiger partial charge in [-0.1, -0.05) is 138 Å². The summed E-state index contributed by atoms with van der Waals surface area (Å²) in [5.41, 5.74) is 9.01. The smallest absolute Gasteiger partial charge is 0.358 e. The maximum absolute atomic E-state index is 2.70. The van der Waals surface area contributed by atoms with Gasteiger partial charge >= 0.3 is 25.8 Å². The maximum atomic E-state index is 2.70. The first-order valence-corrected chi connectivity index (χ1v) is 19.5. The van der Waals surface area contributed by atoms with E-state index in [4.69, 9.17) is 0 Å². The molecule has 1 aliphatic carbocycles. The van der Waals surface area contributed by atoms with E-state index in [2.05, 4.69) is 143 Å². The zero-order chi connectivity index (χ0) is 30.4. The summed E-state index contributed by atoms with van der Waals surface area (Å²) >= 11 is 0. The van der Waals surface area contributed by atoms with Gasteiger partial charge in [0.2, 0.25) is 0 Å². The van der Waals surface area contributed by atoms with Crippen LogP contribution in [0.15, 0.2) is 109 Å². The predicted octanol–water partition coefficient (Wildman–Crippen LogP) is 12.4. The Morgan fingerprint density at radius 2 is 1.00 bits per heavy atom. The molecule has 240 valence electrons. The van der Waals surface area contributed by atoms with Crippen molar-refractivity contribution in [2.45, 2.75) is 83.7 Å². The Morgan fingerprint density at radius 1 is 0.574 bits per heavy atom. The zero-order valence-corrected chi connectivity index (χ0v) is 34.3. The van der Waals surface area contributed by atoms with Crippen LogP contribution < -0.4 is 10.4 Å². The van der Waals surface area contributed by atoms with Crippen molar-refractivity contribution in [2.24, 2.45) is 0 Å². The average Bonchev–Trinajstić information content (AvgIpc) is 3.70. The van der Waals surface area contributed by atoms with Gasteiger partial charge in [-0.05, 0) is 39.6 Å². The first kappa shape index (κ1) is 37.0. The molecule has 0 aromatic heterocycles. The summed E-state index contributed by atoms with van der Waals surface area (Å²) in [6.45, 7) is 11.9.